The van der Waals surface area contributed by atoms with Gasteiger partial charge in [0.15, 0.2) is 9.84 Å². The minimum Gasteiger partial charge on any atom is -0.496 e. The number of benzene rings is 2. The highest BCUT2D eigenvalue weighted by molar-refractivity contribution is 7.90. The number of hydrogen-bond acceptors (Lipinski definition) is 5. The van der Waals surface area contributed by atoms with E-state index < -0.39 is 9.84 Å². The van der Waals surface area contributed by atoms with E-state index in [4.69, 9.17) is 4.74 Å². The van der Waals surface area contributed by atoms with E-state index >= 15 is 0 Å². The molecule has 0 unspecified atom stereocenters. The van der Waals surface area contributed by atoms with Crippen LogP contribution in [0.25, 0.3) is 0 Å². The quantitative estimate of drug-likeness (QED) is 0.762. The van der Waals surface area contributed by atoms with Crippen LogP contribution in [0.5, 0.6) is 5.75 Å². The van der Waals surface area contributed by atoms with Gasteiger partial charge in [-0.15, -0.1) is 0 Å². The summed E-state index contributed by atoms with van der Waals surface area (Å²) in [6, 6.07) is 10.5. The van der Waals surface area contributed by atoms with Crippen molar-refractivity contribution in [1.82, 2.24) is 9.80 Å². The molecule has 8 heteroatoms. The third-order valence-corrected chi connectivity index (χ3v) is 5.95. The third-order valence-electron chi connectivity index (χ3n) is 4.83. The molecule has 0 bridgehead atoms. The molecule has 1 aliphatic heterocycles. The molecule has 0 aliphatic carbocycles. The summed E-state index contributed by atoms with van der Waals surface area (Å²) < 4.78 is 41.9. The number of rotatable bonds is 5. The van der Waals surface area contributed by atoms with Gasteiger partial charge in [-0.25, -0.2) is 12.8 Å². The van der Waals surface area contributed by atoms with Crippen molar-refractivity contribution in [3.05, 3.63) is 59.4 Å². The normalized spacial score (nSPS) is 15.5. The van der Waals surface area contributed by atoms with Gasteiger partial charge in [0.25, 0.3) is 5.91 Å². The molecule has 2 aromatic rings. The molecule has 0 spiro atoms. The van der Waals surface area contributed by atoms with Crippen molar-refractivity contribution >= 4 is 15.7 Å². The molecule has 28 heavy (non-hydrogen) atoms. The number of carbonyl (C=O) groups excluding carboxylic acids is 1. The molecular formula is C20H23FN2O4S. The van der Waals surface area contributed by atoms with Gasteiger partial charge < -0.3 is 9.64 Å². The van der Waals surface area contributed by atoms with Crippen LogP contribution in [0.3, 0.4) is 0 Å². The van der Waals surface area contributed by atoms with Crippen LogP contribution < -0.4 is 4.74 Å². The lowest BCUT2D eigenvalue weighted by Gasteiger charge is -2.35. The van der Waals surface area contributed by atoms with Gasteiger partial charge in [-0.1, -0.05) is 0 Å². The second kappa shape index (κ2) is 8.28. The summed E-state index contributed by atoms with van der Waals surface area (Å²) >= 11 is 0. The Morgan fingerprint density at radius 1 is 1.07 bits per heavy atom. The first-order chi connectivity index (χ1) is 13.3. The van der Waals surface area contributed by atoms with Gasteiger partial charge in [-0.2, -0.15) is 0 Å². The number of methoxy groups -OCH3 is 1. The Morgan fingerprint density at radius 3 is 2.29 bits per heavy atom. The number of nitrogens with zero attached hydrogens (tertiary/aromatic N) is 2. The van der Waals surface area contributed by atoms with Crippen molar-refractivity contribution in [3.8, 4) is 5.75 Å². The molecule has 1 fully saturated rings. The molecule has 1 saturated heterocycles. The fraction of sp³-hybridized carbons (Fsp3) is 0.350. The Labute approximate surface area is 164 Å². The topological polar surface area (TPSA) is 66.9 Å². The molecular weight excluding hydrogens is 383 g/mol. The lowest BCUT2D eigenvalue weighted by molar-refractivity contribution is 0.0627. The molecule has 1 heterocycles. The van der Waals surface area contributed by atoms with Crippen LogP contribution in [0.1, 0.15) is 15.9 Å². The van der Waals surface area contributed by atoms with E-state index in [0.29, 0.717) is 44.0 Å². The number of halogens is 1. The number of amides is 1. The van der Waals surface area contributed by atoms with Crippen molar-refractivity contribution in [2.45, 2.75) is 11.4 Å². The summed E-state index contributed by atoms with van der Waals surface area (Å²) in [5.74, 6) is 0.219. The van der Waals surface area contributed by atoms with E-state index in [9.17, 15) is 17.6 Å². The van der Waals surface area contributed by atoms with Gasteiger partial charge >= 0.3 is 0 Å². The van der Waals surface area contributed by atoms with Crippen LogP contribution in [0.15, 0.2) is 47.4 Å². The Morgan fingerprint density at radius 2 is 1.71 bits per heavy atom. The van der Waals surface area contributed by atoms with E-state index in [1.165, 1.54) is 24.3 Å². The number of ether oxygens (including phenoxy) is 1. The van der Waals surface area contributed by atoms with E-state index in [0.717, 1.165) is 11.8 Å². The molecule has 0 saturated carbocycles. The van der Waals surface area contributed by atoms with Crippen LogP contribution >= 0.6 is 0 Å². The first-order valence-electron chi connectivity index (χ1n) is 8.92. The minimum absolute atomic E-state index is 0.122. The van der Waals surface area contributed by atoms with E-state index in [2.05, 4.69) is 4.90 Å². The molecule has 0 atom stereocenters. The summed E-state index contributed by atoms with van der Waals surface area (Å²) in [4.78, 5) is 16.7. The lowest BCUT2D eigenvalue weighted by atomic mass is 10.1. The molecule has 1 amide bonds. The summed E-state index contributed by atoms with van der Waals surface area (Å²) in [5.41, 5.74) is 1.24. The second-order valence-corrected chi connectivity index (χ2v) is 8.84. The van der Waals surface area contributed by atoms with Gasteiger partial charge in [0.2, 0.25) is 0 Å². The van der Waals surface area contributed by atoms with Crippen molar-refractivity contribution in [2.75, 3.05) is 39.5 Å². The highest BCUT2D eigenvalue weighted by Crippen LogP contribution is 2.22. The maximum absolute atomic E-state index is 13.5. The SMILES string of the molecule is COc1ccc(F)cc1CN1CCN(C(=O)c2ccc(S(C)(=O)=O)cc2)CC1. The van der Waals surface area contributed by atoms with Crippen LogP contribution in [-0.4, -0.2) is 63.7 Å². The number of hydrogen-bond donors (Lipinski definition) is 0. The maximum atomic E-state index is 13.5. The Bertz CT molecular complexity index is 953. The highest BCUT2D eigenvalue weighted by atomic mass is 32.2. The molecule has 0 radical (unpaired) electrons. The maximum Gasteiger partial charge on any atom is 0.253 e. The van der Waals surface area contributed by atoms with Crippen molar-refractivity contribution in [3.63, 3.8) is 0 Å². The first kappa shape index (κ1) is 20.3. The molecule has 2 aromatic carbocycles. The van der Waals surface area contributed by atoms with Crippen molar-refractivity contribution in [1.29, 1.82) is 0 Å². The fourth-order valence-corrected chi connectivity index (χ4v) is 3.88. The van der Waals surface area contributed by atoms with Gasteiger partial charge in [0, 0.05) is 50.1 Å². The standard InChI is InChI=1S/C20H23FN2O4S/c1-27-19-8-5-17(21)13-16(19)14-22-9-11-23(12-10-22)20(24)15-3-6-18(7-4-15)28(2,25)26/h3-8,13H,9-12,14H2,1-2H3. The Kier molecular flexibility index (Phi) is 6.00. The molecule has 3 rings (SSSR count). The number of sulfone groups is 1. The van der Waals surface area contributed by atoms with Crippen LogP contribution in [-0.2, 0) is 16.4 Å². The van der Waals surface area contributed by atoms with Gasteiger partial charge in [0.05, 0.1) is 12.0 Å². The summed E-state index contributed by atoms with van der Waals surface area (Å²) in [7, 11) is -1.73. The summed E-state index contributed by atoms with van der Waals surface area (Å²) in [6.07, 6.45) is 1.14. The zero-order valence-corrected chi connectivity index (χ0v) is 16.7. The van der Waals surface area contributed by atoms with E-state index in [-0.39, 0.29) is 16.6 Å². The van der Waals surface area contributed by atoms with Crippen LogP contribution in [0, 0.1) is 5.82 Å². The van der Waals surface area contributed by atoms with Gasteiger partial charge in [-0.05, 0) is 42.5 Å². The zero-order chi connectivity index (χ0) is 20.3. The fourth-order valence-electron chi connectivity index (χ4n) is 3.25. The second-order valence-electron chi connectivity index (χ2n) is 6.82. The predicted octanol–water partition coefficient (Wildman–Crippen LogP) is 2.20. The highest BCUT2D eigenvalue weighted by Gasteiger charge is 2.23. The van der Waals surface area contributed by atoms with Crippen LogP contribution in [0.2, 0.25) is 0 Å². The monoisotopic (exact) mass is 406 g/mol. The first-order valence-corrected chi connectivity index (χ1v) is 10.8. The number of carbonyl (C=O) groups is 1. The zero-order valence-electron chi connectivity index (χ0n) is 15.9. The number of piperazine rings is 1. The Balaban J connectivity index is 1.61. The minimum atomic E-state index is -3.28. The van der Waals surface area contributed by atoms with E-state index in [1.54, 1.807) is 30.2 Å². The Hall–Kier alpha value is -2.45. The summed E-state index contributed by atoms with van der Waals surface area (Å²) in [6.45, 7) is 2.96. The predicted molar refractivity (Wildman–Crippen MR) is 104 cm³/mol. The van der Waals surface area contributed by atoms with E-state index in [1.807, 2.05) is 0 Å². The third kappa shape index (κ3) is 4.69. The average molecular weight is 406 g/mol. The molecule has 1 aliphatic rings. The molecule has 150 valence electrons. The van der Waals surface area contributed by atoms with Crippen LogP contribution in [0.4, 0.5) is 4.39 Å². The summed E-state index contributed by atoms with van der Waals surface area (Å²) in [5, 5.41) is 0. The van der Waals surface area contributed by atoms with Gasteiger partial charge in [0.1, 0.15) is 11.6 Å². The average Bonchev–Trinajstić information content (AvgIpc) is 2.68. The molecule has 0 N–H and O–H groups in total. The van der Waals surface area contributed by atoms with Crippen molar-refractivity contribution < 1.29 is 22.3 Å². The largest absolute Gasteiger partial charge is 0.496 e. The molecule has 0 aromatic heterocycles. The smallest absolute Gasteiger partial charge is 0.253 e. The lowest BCUT2D eigenvalue weighted by Crippen LogP contribution is -2.48. The van der Waals surface area contributed by atoms with Crippen molar-refractivity contribution in [2.24, 2.45) is 0 Å². The van der Waals surface area contributed by atoms with Gasteiger partial charge in [-0.3, -0.25) is 9.69 Å². The molecule has 6 nitrogen and oxygen atoms in total.